The van der Waals surface area contributed by atoms with E-state index < -0.39 is 0 Å². The van der Waals surface area contributed by atoms with E-state index in [9.17, 15) is 5.21 Å². The van der Waals surface area contributed by atoms with Crippen LogP contribution in [0.3, 0.4) is 0 Å². The fourth-order valence-corrected chi connectivity index (χ4v) is 4.17. The van der Waals surface area contributed by atoms with Crippen molar-refractivity contribution in [3.63, 3.8) is 0 Å². The van der Waals surface area contributed by atoms with Crippen molar-refractivity contribution in [3.8, 4) is 0 Å². The third-order valence-corrected chi connectivity index (χ3v) is 5.80. The standard InChI is InChI=1S/C22H30N6O2/c1-3-18-15-24-28-20(23-14-17-7-6-10-26(29)16-17)13-21(25-22(18)28)27-11-5-4-8-19(27)9-12-30-2/h6-7,10,13,15-16,19,23H,3-5,8-9,11-12,14H2,1-2H3/t19-/m0/s1. The molecule has 1 aliphatic heterocycles. The second-order valence-corrected chi connectivity index (χ2v) is 7.81. The Kier molecular flexibility index (Phi) is 6.32. The maximum Gasteiger partial charge on any atom is 0.185 e. The van der Waals surface area contributed by atoms with Gasteiger partial charge < -0.3 is 20.2 Å². The molecular formula is C22H30N6O2. The minimum absolute atomic E-state index is 0.433. The number of aromatic nitrogens is 4. The van der Waals surface area contributed by atoms with Crippen molar-refractivity contribution < 1.29 is 9.47 Å². The van der Waals surface area contributed by atoms with E-state index in [1.165, 1.54) is 19.0 Å². The van der Waals surface area contributed by atoms with Gasteiger partial charge in [0, 0.05) is 56.1 Å². The number of nitrogens with zero attached hydrogens (tertiary/aromatic N) is 5. The zero-order valence-electron chi connectivity index (χ0n) is 17.8. The SMILES string of the molecule is CCc1cnn2c(NCc3ccc[n+]([O-])c3)cc(N3CCCC[C@H]3CCOC)nc12. The van der Waals surface area contributed by atoms with E-state index in [4.69, 9.17) is 9.72 Å². The van der Waals surface area contributed by atoms with E-state index in [2.05, 4.69) is 28.3 Å². The predicted octanol–water partition coefficient (Wildman–Crippen LogP) is 2.93. The Morgan fingerprint density at radius 2 is 2.27 bits per heavy atom. The third kappa shape index (κ3) is 4.33. The Balaban J connectivity index is 1.67. The van der Waals surface area contributed by atoms with E-state index in [0.717, 1.165) is 65.6 Å². The van der Waals surface area contributed by atoms with Crippen LogP contribution in [0.2, 0.25) is 0 Å². The van der Waals surface area contributed by atoms with Gasteiger partial charge >= 0.3 is 0 Å². The van der Waals surface area contributed by atoms with Crippen LogP contribution in [-0.4, -0.2) is 40.9 Å². The summed E-state index contributed by atoms with van der Waals surface area (Å²) in [6, 6.07) is 6.21. The molecule has 30 heavy (non-hydrogen) atoms. The summed E-state index contributed by atoms with van der Waals surface area (Å²) in [6.45, 7) is 4.42. The molecule has 4 heterocycles. The molecule has 1 atom stereocenters. The fourth-order valence-electron chi connectivity index (χ4n) is 4.17. The van der Waals surface area contributed by atoms with Crippen molar-refractivity contribution in [2.45, 2.75) is 51.6 Å². The first-order valence-corrected chi connectivity index (χ1v) is 10.7. The molecule has 0 unspecified atom stereocenters. The van der Waals surface area contributed by atoms with Crippen molar-refractivity contribution in [2.75, 3.05) is 30.5 Å². The van der Waals surface area contributed by atoms with Crippen LogP contribution in [0.25, 0.3) is 5.65 Å². The van der Waals surface area contributed by atoms with Gasteiger partial charge in [0.05, 0.1) is 6.20 Å². The summed E-state index contributed by atoms with van der Waals surface area (Å²) in [5.41, 5.74) is 2.93. The number of hydrogen-bond acceptors (Lipinski definition) is 6. The number of ether oxygens (including phenoxy) is 1. The maximum absolute atomic E-state index is 11.6. The second kappa shape index (κ2) is 9.30. The summed E-state index contributed by atoms with van der Waals surface area (Å²) < 4.78 is 8.03. The van der Waals surface area contributed by atoms with E-state index in [1.54, 1.807) is 19.4 Å². The van der Waals surface area contributed by atoms with Crippen LogP contribution in [0.5, 0.6) is 0 Å². The molecule has 8 nitrogen and oxygen atoms in total. The number of piperidine rings is 1. The minimum atomic E-state index is 0.433. The number of aryl methyl sites for hydroxylation is 1. The fraction of sp³-hybridized carbons (Fsp3) is 0.500. The molecule has 1 aliphatic rings. The first-order valence-electron chi connectivity index (χ1n) is 10.7. The van der Waals surface area contributed by atoms with Crippen molar-refractivity contribution >= 4 is 17.3 Å². The van der Waals surface area contributed by atoms with Gasteiger partial charge in [-0.15, -0.1) is 0 Å². The largest absolute Gasteiger partial charge is 0.619 e. The highest BCUT2D eigenvalue weighted by Gasteiger charge is 2.25. The molecule has 0 bridgehead atoms. The average molecular weight is 411 g/mol. The highest BCUT2D eigenvalue weighted by molar-refractivity contribution is 5.61. The highest BCUT2D eigenvalue weighted by atomic mass is 16.5. The maximum atomic E-state index is 11.6. The summed E-state index contributed by atoms with van der Waals surface area (Å²) in [4.78, 5) is 7.43. The van der Waals surface area contributed by atoms with Crippen molar-refractivity contribution in [2.24, 2.45) is 0 Å². The molecule has 0 amide bonds. The Labute approximate surface area is 177 Å². The van der Waals surface area contributed by atoms with Gasteiger partial charge in [-0.1, -0.05) is 6.92 Å². The molecule has 8 heteroatoms. The lowest BCUT2D eigenvalue weighted by molar-refractivity contribution is -0.605. The summed E-state index contributed by atoms with van der Waals surface area (Å²) in [5.74, 6) is 1.86. The highest BCUT2D eigenvalue weighted by Crippen LogP contribution is 2.29. The molecule has 3 aromatic rings. The summed E-state index contributed by atoms with van der Waals surface area (Å²) >= 11 is 0. The van der Waals surface area contributed by atoms with E-state index >= 15 is 0 Å². The molecule has 160 valence electrons. The van der Waals surface area contributed by atoms with E-state index in [-0.39, 0.29) is 0 Å². The second-order valence-electron chi connectivity index (χ2n) is 7.81. The summed E-state index contributed by atoms with van der Waals surface area (Å²) in [5, 5.41) is 19.6. The monoisotopic (exact) mass is 410 g/mol. The molecule has 4 rings (SSSR count). The zero-order chi connectivity index (χ0) is 20.9. The predicted molar refractivity (Wildman–Crippen MR) is 117 cm³/mol. The van der Waals surface area contributed by atoms with Crippen LogP contribution in [-0.2, 0) is 17.7 Å². The smallest absolute Gasteiger partial charge is 0.185 e. The van der Waals surface area contributed by atoms with Gasteiger partial charge in [0.1, 0.15) is 11.6 Å². The molecule has 0 spiro atoms. The molecule has 3 aromatic heterocycles. The molecular weight excluding hydrogens is 380 g/mol. The lowest BCUT2D eigenvalue weighted by Crippen LogP contribution is -2.41. The van der Waals surface area contributed by atoms with Crippen LogP contribution in [0.15, 0.2) is 36.8 Å². The number of pyridine rings is 1. The van der Waals surface area contributed by atoms with Crippen molar-refractivity contribution in [1.29, 1.82) is 0 Å². The molecule has 1 N–H and O–H groups in total. The van der Waals surface area contributed by atoms with Crippen molar-refractivity contribution in [1.82, 2.24) is 14.6 Å². The van der Waals surface area contributed by atoms with Gasteiger partial charge in [-0.3, -0.25) is 0 Å². The number of fused-ring (bicyclic) bond motifs is 1. The topological polar surface area (TPSA) is 81.6 Å². The molecule has 0 aromatic carbocycles. The zero-order valence-corrected chi connectivity index (χ0v) is 17.8. The van der Waals surface area contributed by atoms with Gasteiger partial charge in [-0.05, 0) is 38.2 Å². The van der Waals surface area contributed by atoms with Gasteiger partial charge in [0.15, 0.2) is 18.0 Å². The number of methoxy groups -OCH3 is 1. The van der Waals surface area contributed by atoms with Gasteiger partial charge in [0.2, 0.25) is 0 Å². The lowest BCUT2D eigenvalue weighted by atomic mass is 9.99. The van der Waals surface area contributed by atoms with Crippen LogP contribution >= 0.6 is 0 Å². The van der Waals surface area contributed by atoms with Gasteiger partial charge in [-0.2, -0.15) is 14.3 Å². The van der Waals surface area contributed by atoms with E-state index in [1.807, 2.05) is 16.8 Å². The van der Waals surface area contributed by atoms with Gasteiger partial charge in [-0.25, -0.2) is 4.98 Å². The average Bonchev–Trinajstić information content (AvgIpc) is 3.19. The van der Waals surface area contributed by atoms with Gasteiger partial charge in [0.25, 0.3) is 0 Å². The third-order valence-electron chi connectivity index (χ3n) is 5.80. The lowest BCUT2D eigenvalue weighted by Gasteiger charge is -2.37. The first kappa shape index (κ1) is 20.4. The summed E-state index contributed by atoms with van der Waals surface area (Å²) in [6.07, 6.45) is 10.4. The Hall–Kier alpha value is -2.87. The van der Waals surface area contributed by atoms with Crippen LogP contribution in [0, 0.1) is 5.21 Å². The Morgan fingerprint density at radius 1 is 1.37 bits per heavy atom. The Bertz CT molecular complexity index is 989. The number of nitrogens with one attached hydrogen (secondary N) is 1. The molecule has 1 fully saturated rings. The number of anilines is 2. The summed E-state index contributed by atoms with van der Waals surface area (Å²) in [7, 11) is 1.76. The number of rotatable bonds is 8. The van der Waals surface area contributed by atoms with Crippen LogP contribution < -0.4 is 14.9 Å². The molecule has 0 radical (unpaired) electrons. The molecule has 0 aliphatic carbocycles. The van der Waals surface area contributed by atoms with Crippen LogP contribution in [0.4, 0.5) is 11.6 Å². The van der Waals surface area contributed by atoms with E-state index in [0.29, 0.717) is 12.6 Å². The molecule has 1 saturated heterocycles. The normalized spacial score (nSPS) is 16.9. The molecule has 0 saturated carbocycles. The Morgan fingerprint density at radius 3 is 3.07 bits per heavy atom. The number of hydrogen-bond donors (Lipinski definition) is 1. The van der Waals surface area contributed by atoms with Crippen LogP contribution in [0.1, 0.15) is 43.7 Å². The quantitative estimate of drug-likeness (QED) is 0.454. The van der Waals surface area contributed by atoms with Crippen molar-refractivity contribution in [3.05, 3.63) is 53.1 Å². The first-order chi connectivity index (χ1) is 14.7. The minimum Gasteiger partial charge on any atom is -0.619 e.